The lowest BCUT2D eigenvalue weighted by atomic mass is 9.85. The maximum atomic E-state index is 11.5. The molecule has 0 heterocycles. The topological polar surface area (TPSA) is 104 Å². The molecule has 0 spiro atoms. The molecule has 0 fully saturated rings. The van der Waals surface area contributed by atoms with Crippen molar-refractivity contribution in [1.82, 2.24) is 10.6 Å². The third kappa shape index (κ3) is 7.40. The van der Waals surface area contributed by atoms with Crippen LogP contribution in [0.1, 0.15) is 34.2 Å². The van der Waals surface area contributed by atoms with Gasteiger partial charge in [-0.15, -0.1) is 0 Å². The van der Waals surface area contributed by atoms with Gasteiger partial charge in [-0.25, -0.2) is 0 Å². The number of carbonyl (C=O) groups is 2. The van der Waals surface area contributed by atoms with Crippen molar-refractivity contribution in [3.05, 3.63) is 143 Å². The van der Waals surface area contributed by atoms with Crippen LogP contribution >= 0.6 is 12.2 Å². The van der Waals surface area contributed by atoms with Gasteiger partial charge in [0, 0.05) is 6.54 Å². The number of aliphatic carboxylic acids is 1. The Labute approximate surface area is 233 Å². The number of nitrogens with two attached hydrogens (primary N) is 1. The molecular formula is C32H29N3O3S. The minimum atomic E-state index is -1.14. The van der Waals surface area contributed by atoms with Crippen LogP contribution in [0.15, 0.2) is 115 Å². The first-order valence-electron chi connectivity index (χ1n) is 12.5. The summed E-state index contributed by atoms with van der Waals surface area (Å²) in [4.78, 5) is 22.5. The zero-order valence-electron chi connectivity index (χ0n) is 21.2. The van der Waals surface area contributed by atoms with E-state index in [1.54, 1.807) is 0 Å². The molecule has 4 aromatic rings. The molecule has 39 heavy (non-hydrogen) atoms. The number of hydrogen-bond donors (Lipinski definition) is 4. The summed E-state index contributed by atoms with van der Waals surface area (Å²) in [6.07, 6.45) is -0.453. The van der Waals surface area contributed by atoms with E-state index in [-0.39, 0.29) is 5.11 Å². The van der Waals surface area contributed by atoms with Gasteiger partial charge in [-0.2, -0.15) is 0 Å². The van der Waals surface area contributed by atoms with Crippen molar-refractivity contribution in [3.63, 3.8) is 0 Å². The van der Waals surface area contributed by atoms with Crippen LogP contribution in [0.4, 0.5) is 0 Å². The zero-order valence-corrected chi connectivity index (χ0v) is 22.0. The van der Waals surface area contributed by atoms with E-state index in [4.69, 9.17) is 23.1 Å². The van der Waals surface area contributed by atoms with Crippen molar-refractivity contribution in [2.24, 2.45) is 5.73 Å². The van der Waals surface area contributed by atoms with Crippen LogP contribution in [-0.2, 0) is 16.1 Å². The number of rotatable bonds is 10. The van der Waals surface area contributed by atoms with Gasteiger partial charge in [-0.05, 0) is 51.2 Å². The highest BCUT2D eigenvalue weighted by Gasteiger charge is 2.20. The van der Waals surface area contributed by atoms with Gasteiger partial charge < -0.3 is 21.5 Å². The molecule has 5 N–H and O–H groups in total. The van der Waals surface area contributed by atoms with Crippen molar-refractivity contribution >= 4 is 40.4 Å². The van der Waals surface area contributed by atoms with Crippen molar-refractivity contribution in [3.8, 4) is 0 Å². The van der Waals surface area contributed by atoms with Crippen LogP contribution in [-0.4, -0.2) is 28.1 Å². The lowest BCUT2D eigenvalue weighted by molar-refractivity contribution is -0.139. The second-order valence-corrected chi connectivity index (χ2v) is 9.33. The fraction of sp³-hybridized carbons (Fsp3) is 0.0938. The summed E-state index contributed by atoms with van der Waals surface area (Å²) in [6.45, 7) is 0.388. The Hall–Kier alpha value is -4.75. The second-order valence-electron chi connectivity index (χ2n) is 8.92. The molecule has 0 radical (unpaired) electrons. The number of benzene rings is 4. The average molecular weight is 536 g/mol. The number of nitrogens with one attached hydrogen (secondary N) is 2. The molecule has 7 heteroatoms. The van der Waals surface area contributed by atoms with Crippen molar-refractivity contribution in [1.29, 1.82) is 0 Å². The van der Waals surface area contributed by atoms with Gasteiger partial charge in [-0.3, -0.25) is 9.59 Å². The van der Waals surface area contributed by atoms with Crippen LogP contribution in [0.25, 0.3) is 11.1 Å². The van der Waals surface area contributed by atoms with Gasteiger partial charge in [0.15, 0.2) is 5.11 Å². The molecule has 4 rings (SSSR count). The summed E-state index contributed by atoms with van der Waals surface area (Å²) in [5.74, 6) is -1.92. The number of amides is 1. The first-order chi connectivity index (χ1) is 18.9. The van der Waals surface area contributed by atoms with Gasteiger partial charge in [0.2, 0.25) is 5.91 Å². The fourth-order valence-corrected chi connectivity index (χ4v) is 4.52. The summed E-state index contributed by atoms with van der Waals surface area (Å²) in [6, 6.07) is 38.2. The van der Waals surface area contributed by atoms with Crippen LogP contribution in [0.3, 0.4) is 0 Å². The van der Waals surface area contributed by atoms with E-state index < -0.39 is 24.3 Å². The molecule has 6 nitrogen and oxygen atoms in total. The third-order valence-electron chi connectivity index (χ3n) is 6.16. The third-order valence-corrected chi connectivity index (χ3v) is 6.42. The molecule has 0 saturated carbocycles. The second kappa shape index (κ2) is 13.2. The van der Waals surface area contributed by atoms with Crippen LogP contribution in [0.5, 0.6) is 0 Å². The molecule has 0 bridgehead atoms. The summed E-state index contributed by atoms with van der Waals surface area (Å²) in [7, 11) is 0. The number of carbonyl (C=O) groups excluding carboxylic acids is 1. The minimum Gasteiger partial charge on any atom is -0.481 e. The fourth-order valence-electron chi connectivity index (χ4n) is 4.30. The highest BCUT2D eigenvalue weighted by molar-refractivity contribution is 7.80. The van der Waals surface area contributed by atoms with E-state index in [1.807, 2.05) is 66.7 Å². The maximum absolute atomic E-state index is 11.5. The number of thiocarbonyl (C=S) groups is 1. The first-order valence-corrected chi connectivity index (χ1v) is 12.9. The first kappa shape index (κ1) is 27.3. The molecule has 0 aliphatic carbocycles. The maximum Gasteiger partial charge on any atom is 0.305 e. The standard InChI is InChI=1S/C32H29N3O3S/c33-31(38)27(20-28(36)37)35-32(39)34-21-22-16-18-26(19-17-22)30(25-14-8-3-9-15-25)29(23-10-4-1-5-11-23)24-12-6-2-7-13-24/h1-19,27H,20-21H2,(H2,33,38)(H,36,37)(H2,34,35,39)/t27-/m0/s1. The van der Waals surface area contributed by atoms with Gasteiger partial charge >= 0.3 is 5.97 Å². The smallest absolute Gasteiger partial charge is 0.305 e. The van der Waals surface area contributed by atoms with Gasteiger partial charge in [0.25, 0.3) is 0 Å². The normalized spacial score (nSPS) is 11.2. The Morgan fingerprint density at radius 1 is 0.692 bits per heavy atom. The molecule has 4 aromatic carbocycles. The van der Waals surface area contributed by atoms with E-state index >= 15 is 0 Å². The van der Waals surface area contributed by atoms with E-state index in [9.17, 15) is 9.59 Å². The molecule has 0 saturated heterocycles. The summed E-state index contributed by atoms with van der Waals surface area (Å²) in [5.41, 5.74) is 12.9. The quantitative estimate of drug-likeness (QED) is 0.169. The summed E-state index contributed by atoms with van der Waals surface area (Å²) >= 11 is 5.24. The number of carboxylic acids is 1. The summed E-state index contributed by atoms with van der Waals surface area (Å²) < 4.78 is 0. The Balaban J connectivity index is 1.65. The Morgan fingerprint density at radius 3 is 1.49 bits per heavy atom. The number of hydrogen-bond acceptors (Lipinski definition) is 3. The average Bonchev–Trinajstić information content (AvgIpc) is 2.96. The van der Waals surface area contributed by atoms with Gasteiger partial charge in [0.1, 0.15) is 6.04 Å². The van der Waals surface area contributed by atoms with Gasteiger partial charge in [-0.1, -0.05) is 115 Å². The lowest BCUT2D eigenvalue weighted by Gasteiger charge is -2.19. The molecular weight excluding hydrogens is 506 g/mol. The van der Waals surface area contributed by atoms with Crippen LogP contribution < -0.4 is 16.4 Å². The van der Waals surface area contributed by atoms with Crippen molar-refractivity contribution in [2.45, 2.75) is 19.0 Å². The number of carboxylic acid groups (broad SMARTS) is 1. The van der Waals surface area contributed by atoms with Crippen LogP contribution in [0, 0.1) is 0 Å². The molecule has 1 amide bonds. The molecule has 0 aliphatic heterocycles. The van der Waals surface area contributed by atoms with Crippen molar-refractivity contribution < 1.29 is 14.7 Å². The van der Waals surface area contributed by atoms with Gasteiger partial charge in [0.05, 0.1) is 6.42 Å². The van der Waals surface area contributed by atoms with E-state index in [0.717, 1.165) is 39.0 Å². The number of primary amides is 1. The molecule has 0 aliphatic rings. The molecule has 0 aromatic heterocycles. The predicted octanol–water partition coefficient (Wildman–Crippen LogP) is 4.99. The van der Waals surface area contributed by atoms with E-state index in [1.165, 1.54) is 0 Å². The monoisotopic (exact) mass is 535 g/mol. The SMILES string of the molecule is NC(=O)[C@H](CC(=O)O)NC(=S)NCc1ccc(C(=C(c2ccccc2)c2ccccc2)c2ccccc2)cc1. The van der Waals surface area contributed by atoms with E-state index in [2.05, 4.69) is 59.2 Å². The molecule has 1 atom stereocenters. The highest BCUT2D eigenvalue weighted by Crippen LogP contribution is 2.36. The van der Waals surface area contributed by atoms with Crippen LogP contribution in [0.2, 0.25) is 0 Å². The zero-order chi connectivity index (χ0) is 27.6. The Bertz CT molecular complexity index is 1410. The highest BCUT2D eigenvalue weighted by atomic mass is 32.1. The Kier molecular flexibility index (Phi) is 9.21. The minimum absolute atomic E-state index is 0.157. The predicted molar refractivity (Wildman–Crippen MR) is 159 cm³/mol. The Morgan fingerprint density at radius 2 is 1.10 bits per heavy atom. The van der Waals surface area contributed by atoms with E-state index in [0.29, 0.717) is 6.54 Å². The molecule has 196 valence electrons. The summed E-state index contributed by atoms with van der Waals surface area (Å²) in [5, 5.41) is 14.8. The largest absolute Gasteiger partial charge is 0.481 e. The molecule has 0 unspecified atom stereocenters. The lowest BCUT2D eigenvalue weighted by Crippen LogP contribution is -2.49. The van der Waals surface area contributed by atoms with Crippen molar-refractivity contribution in [2.75, 3.05) is 0 Å².